The monoisotopic (exact) mass is 454 g/mol. The van der Waals surface area contributed by atoms with E-state index in [1.807, 2.05) is 72.8 Å². The highest BCUT2D eigenvalue weighted by molar-refractivity contribution is 5.93. The molecule has 0 saturated carbocycles. The summed E-state index contributed by atoms with van der Waals surface area (Å²) in [6.45, 7) is 6.85. The van der Waals surface area contributed by atoms with Crippen LogP contribution in [0.1, 0.15) is 20.3 Å². The molecule has 0 spiro atoms. The molecule has 0 fully saturated rings. The molecule has 7 nitrogen and oxygen atoms in total. The fraction of sp³-hybridized carbons (Fsp3) is 0.222. The van der Waals surface area contributed by atoms with Crippen LogP contribution >= 0.6 is 0 Å². The van der Waals surface area contributed by atoms with Gasteiger partial charge in [0.25, 0.3) is 0 Å². The molecule has 0 unspecified atom stereocenters. The number of benzene rings is 3. The highest BCUT2D eigenvalue weighted by Crippen LogP contribution is 2.29. The first kappa shape index (κ1) is 23.2. The van der Waals surface area contributed by atoms with Crippen LogP contribution in [0, 0.1) is 0 Å². The first-order valence-electron chi connectivity index (χ1n) is 11.6. The number of hydrogen-bond acceptors (Lipinski definition) is 6. The summed E-state index contributed by atoms with van der Waals surface area (Å²) in [6, 6.07) is 23.1. The van der Waals surface area contributed by atoms with E-state index >= 15 is 0 Å². The Hall–Kier alpha value is -3.97. The number of nitrogen functional groups attached to an aromatic ring is 1. The molecule has 0 aliphatic rings. The van der Waals surface area contributed by atoms with Crippen LogP contribution in [0.2, 0.25) is 0 Å². The first-order chi connectivity index (χ1) is 16.6. The molecule has 34 heavy (non-hydrogen) atoms. The molecule has 0 bridgehead atoms. The molecule has 4 N–H and O–H groups in total. The van der Waals surface area contributed by atoms with Gasteiger partial charge in [0.1, 0.15) is 5.82 Å². The van der Waals surface area contributed by atoms with Crippen LogP contribution in [-0.4, -0.2) is 40.4 Å². The third kappa shape index (κ3) is 5.50. The van der Waals surface area contributed by atoms with Gasteiger partial charge in [0.2, 0.25) is 5.91 Å². The summed E-state index contributed by atoms with van der Waals surface area (Å²) in [5.74, 6) is 1.27. The van der Waals surface area contributed by atoms with E-state index in [1.165, 1.54) is 0 Å². The number of anilines is 4. The molecule has 1 amide bonds. The minimum Gasteiger partial charge on any atom is -0.398 e. The van der Waals surface area contributed by atoms with Crippen LogP contribution in [0.4, 0.5) is 22.9 Å². The van der Waals surface area contributed by atoms with Crippen molar-refractivity contribution in [2.24, 2.45) is 0 Å². The number of para-hydroxylation sites is 2. The standard InChI is InChI=1S/C27H30N6O/c1-3-33(4-2)18-17-25(34)29-19-13-15-20(16-14-19)30-27-22-10-6-8-12-24(22)31-26(32-27)21-9-5-7-11-23(21)28/h5-16H,3-4,17-18,28H2,1-2H3,(H,29,34)(H,30,31,32). The van der Waals surface area contributed by atoms with E-state index in [1.54, 1.807) is 0 Å². The van der Waals surface area contributed by atoms with Crippen molar-refractivity contribution in [3.63, 3.8) is 0 Å². The number of carbonyl (C=O) groups is 1. The Morgan fingerprint density at radius 2 is 1.56 bits per heavy atom. The van der Waals surface area contributed by atoms with Crippen molar-refractivity contribution in [2.45, 2.75) is 20.3 Å². The molecule has 174 valence electrons. The van der Waals surface area contributed by atoms with Crippen molar-refractivity contribution in [1.29, 1.82) is 0 Å². The molecule has 0 saturated heterocycles. The van der Waals surface area contributed by atoms with Crippen molar-refractivity contribution in [1.82, 2.24) is 14.9 Å². The van der Waals surface area contributed by atoms with Gasteiger partial charge in [0.15, 0.2) is 5.82 Å². The van der Waals surface area contributed by atoms with Gasteiger partial charge in [-0.1, -0.05) is 38.1 Å². The maximum Gasteiger partial charge on any atom is 0.225 e. The minimum atomic E-state index is 0.0134. The van der Waals surface area contributed by atoms with Gasteiger partial charge in [0, 0.05) is 41.0 Å². The topological polar surface area (TPSA) is 96.2 Å². The lowest BCUT2D eigenvalue weighted by molar-refractivity contribution is -0.116. The van der Waals surface area contributed by atoms with Crippen molar-refractivity contribution >= 4 is 39.7 Å². The zero-order chi connectivity index (χ0) is 23.9. The number of aromatic nitrogens is 2. The summed E-state index contributed by atoms with van der Waals surface area (Å²) >= 11 is 0. The van der Waals surface area contributed by atoms with E-state index in [0.717, 1.165) is 47.5 Å². The quantitative estimate of drug-likeness (QED) is 0.297. The van der Waals surface area contributed by atoms with Crippen molar-refractivity contribution in [3.05, 3.63) is 72.8 Å². The van der Waals surface area contributed by atoms with Crippen LogP contribution in [0.5, 0.6) is 0 Å². The maximum absolute atomic E-state index is 12.3. The Morgan fingerprint density at radius 1 is 0.882 bits per heavy atom. The average molecular weight is 455 g/mol. The van der Waals surface area contributed by atoms with Crippen LogP contribution < -0.4 is 16.4 Å². The number of hydrogen-bond donors (Lipinski definition) is 3. The Kier molecular flexibility index (Phi) is 7.34. The Labute approximate surface area is 200 Å². The van der Waals surface area contributed by atoms with Gasteiger partial charge in [-0.15, -0.1) is 0 Å². The van der Waals surface area contributed by atoms with Gasteiger partial charge in [-0.25, -0.2) is 9.97 Å². The Balaban J connectivity index is 1.52. The average Bonchev–Trinajstić information content (AvgIpc) is 2.86. The number of fused-ring (bicyclic) bond motifs is 1. The van der Waals surface area contributed by atoms with E-state index in [4.69, 9.17) is 15.7 Å². The molecule has 1 aromatic heterocycles. The Morgan fingerprint density at radius 3 is 2.29 bits per heavy atom. The third-order valence-corrected chi connectivity index (χ3v) is 5.79. The molecule has 0 aliphatic heterocycles. The van der Waals surface area contributed by atoms with Crippen molar-refractivity contribution < 1.29 is 4.79 Å². The maximum atomic E-state index is 12.3. The SMILES string of the molecule is CCN(CC)CCC(=O)Nc1ccc(Nc2nc(-c3ccccc3N)nc3ccccc23)cc1. The zero-order valence-corrected chi connectivity index (χ0v) is 19.6. The number of amides is 1. The third-order valence-electron chi connectivity index (χ3n) is 5.79. The van der Waals surface area contributed by atoms with E-state index in [-0.39, 0.29) is 5.91 Å². The lowest BCUT2D eigenvalue weighted by Gasteiger charge is -2.17. The van der Waals surface area contributed by atoms with Gasteiger partial charge >= 0.3 is 0 Å². The predicted octanol–water partition coefficient (Wildman–Crippen LogP) is 5.29. The second kappa shape index (κ2) is 10.8. The fourth-order valence-electron chi connectivity index (χ4n) is 3.79. The minimum absolute atomic E-state index is 0.0134. The molecule has 1 heterocycles. The molecule has 0 aliphatic carbocycles. The molecular formula is C27H30N6O. The molecule has 4 aromatic rings. The predicted molar refractivity (Wildman–Crippen MR) is 140 cm³/mol. The summed E-state index contributed by atoms with van der Waals surface area (Å²) < 4.78 is 0. The molecule has 7 heteroatoms. The molecule has 0 atom stereocenters. The lowest BCUT2D eigenvalue weighted by atomic mass is 10.1. The molecular weight excluding hydrogens is 424 g/mol. The Bertz CT molecular complexity index is 1270. The van der Waals surface area contributed by atoms with E-state index < -0.39 is 0 Å². The van der Waals surface area contributed by atoms with Gasteiger partial charge < -0.3 is 21.3 Å². The number of nitrogens with two attached hydrogens (primary N) is 1. The van der Waals surface area contributed by atoms with E-state index in [2.05, 4.69) is 29.4 Å². The number of rotatable bonds is 9. The number of nitrogens with zero attached hydrogens (tertiary/aromatic N) is 3. The molecule has 0 radical (unpaired) electrons. The summed E-state index contributed by atoms with van der Waals surface area (Å²) in [4.78, 5) is 24.0. The smallest absolute Gasteiger partial charge is 0.225 e. The second-order valence-electron chi connectivity index (χ2n) is 8.03. The van der Waals surface area contributed by atoms with E-state index in [9.17, 15) is 4.79 Å². The normalized spacial score (nSPS) is 11.0. The highest BCUT2D eigenvalue weighted by Gasteiger charge is 2.12. The molecule has 4 rings (SSSR count). The van der Waals surface area contributed by atoms with Gasteiger partial charge in [-0.05, 0) is 61.6 Å². The van der Waals surface area contributed by atoms with Crippen LogP contribution in [0.15, 0.2) is 72.8 Å². The van der Waals surface area contributed by atoms with Gasteiger partial charge in [0.05, 0.1) is 5.52 Å². The van der Waals surface area contributed by atoms with Crippen LogP contribution in [0.25, 0.3) is 22.3 Å². The summed E-state index contributed by atoms with van der Waals surface area (Å²) in [5, 5.41) is 7.28. The number of nitrogens with one attached hydrogen (secondary N) is 2. The summed E-state index contributed by atoms with van der Waals surface area (Å²) in [7, 11) is 0. The first-order valence-corrected chi connectivity index (χ1v) is 11.6. The second-order valence-corrected chi connectivity index (χ2v) is 8.03. The summed E-state index contributed by atoms with van der Waals surface area (Å²) in [6.07, 6.45) is 0.472. The van der Waals surface area contributed by atoms with E-state index in [0.29, 0.717) is 23.8 Å². The van der Waals surface area contributed by atoms with Crippen molar-refractivity contribution in [2.75, 3.05) is 36.0 Å². The van der Waals surface area contributed by atoms with Crippen molar-refractivity contribution in [3.8, 4) is 11.4 Å². The largest absolute Gasteiger partial charge is 0.398 e. The highest BCUT2D eigenvalue weighted by atomic mass is 16.1. The summed E-state index contributed by atoms with van der Waals surface area (Å²) in [5.41, 5.74) is 10.0. The fourth-order valence-corrected chi connectivity index (χ4v) is 3.79. The lowest BCUT2D eigenvalue weighted by Crippen LogP contribution is -2.27. The van der Waals surface area contributed by atoms with Gasteiger partial charge in [-0.3, -0.25) is 4.79 Å². The number of carbonyl (C=O) groups excluding carboxylic acids is 1. The zero-order valence-electron chi connectivity index (χ0n) is 19.6. The van der Waals surface area contributed by atoms with Crippen LogP contribution in [0.3, 0.4) is 0 Å². The van der Waals surface area contributed by atoms with Crippen LogP contribution in [-0.2, 0) is 4.79 Å². The molecule has 3 aromatic carbocycles. The van der Waals surface area contributed by atoms with Gasteiger partial charge in [-0.2, -0.15) is 0 Å².